The molecule has 0 fully saturated rings. The predicted octanol–water partition coefficient (Wildman–Crippen LogP) is 4.59. The number of carbonyl (C=O) groups excluding carboxylic acids is 2. The van der Waals surface area contributed by atoms with Crippen LogP contribution in [-0.4, -0.2) is 48.3 Å². The second-order valence-corrected chi connectivity index (χ2v) is 9.00. The van der Waals surface area contributed by atoms with E-state index in [1.54, 1.807) is 30.3 Å². The Morgan fingerprint density at radius 1 is 0.860 bits per heavy atom. The van der Waals surface area contributed by atoms with E-state index >= 15 is 0 Å². The van der Waals surface area contributed by atoms with Crippen LogP contribution in [0.15, 0.2) is 75.6 Å². The van der Waals surface area contributed by atoms with Gasteiger partial charge in [0.2, 0.25) is 11.5 Å². The zero-order valence-corrected chi connectivity index (χ0v) is 22.8. The molecule has 1 aliphatic heterocycles. The third-order valence-corrected chi connectivity index (χ3v) is 6.07. The summed E-state index contributed by atoms with van der Waals surface area (Å²) in [6.45, 7) is 0. The third kappa shape index (κ3) is 7.00. The fourth-order valence-corrected chi connectivity index (χ4v) is 4.04. The molecule has 1 atom stereocenters. The normalized spacial score (nSPS) is 13.0. The number of nitrogens with zero attached hydrogens (tertiary/aromatic N) is 1. The fourth-order valence-electron chi connectivity index (χ4n) is 4.04. The van der Waals surface area contributed by atoms with E-state index in [0.717, 1.165) is 11.3 Å². The molecular formula is C29H25N3O11. The lowest BCUT2D eigenvalue weighted by atomic mass is 10.1. The molecule has 14 heteroatoms. The van der Waals surface area contributed by atoms with Crippen molar-refractivity contribution in [3.8, 4) is 5.75 Å². The minimum Gasteiger partial charge on any atom is -0.478 e. The Morgan fingerprint density at radius 3 is 2.12 bits per heavy atom. The van der Waals surface area contributed by atoms with Crippen molar-refractivity contribution in [2.24, 2.45) is 0 Å². The lowest BCUT2D eigenvalue weighted by Crippen LogP contribution is -2.26. The van der Waals surface area contributed by atoms with Crippen LogP contribution in [-0.2, 0) is 20.7 Å². The molecule has 5 N–H and O–H groups in total. The van der Waals surface area contributed by atoms with Crippen molar-refractivity contribution in [3.05, 3.63) is 93.9 Å². The Morgan fingerprint density at radius 2 is 1.47 bits per heavy atom. The van der Waals surface area contributed by atoms with Crippen LogP contribution in [0.25, 0.3) is 21.9 Å². The van der Waals surface area contributed by atoms with Crippen molar-refractivity contribution < 1.29 is 47.5 Å². The lowest BCUT2D eigenvalue weighted by molar-refractivity contribution is -0.384. The average Bonchev–Trinajstić information content (AvgIpc) is 3.72. The van der Waals surface area contributed by atoms with Crippen molar-refractivity contribution in [3.63, 3.8) is 0 Å². The maximum absolute atomic E-state index is 11.2. The van der Waals surface area contributed by atoms with Crippen LogP contribution in [0.3, 0.4) is 0 Å². The van der Waals surface area contributed by atoms with E-state index in [1.807, 2.05) is 6.07 Å². The first kappa shape index (κ1) is 29.9. The maximum Gasteiger partial charge on any atom is 0.373 e. The van der Waals surface area contributed by atoms with Crippen LogP contribution in [0.5, 0.6) is 5.75 Å². The highest BCUT2D eigenvalue weighted by molar-refractivity contribution is 5.93. The number of hydrogen-bond acceptors (Lipinski definition) is 12. The van der Waals surface area contributed by atoms with Gasteiger partial charge in [-0.3, -0.25) is 10.1 Å². The van der Waals surface area contributed by atoms with Crippen molar-refractivity contribution in [1.82, 2.24) is 0 Å². The molecule has 3 aromatic carbocycles. The van der Waals surface area contributed by atoms with E-state index in [1.165, 1.54) is 44.6 Å². The van der Waals surface area contributed by atoms with Crippen molar-refractivity contribution in [2.45, 2.75) is 12.5 Å². The number of fused-ring (bicyclic) bond motifs is 3. The number of anilines is 2. The largest absolute Gasteiger partial charge is 0.478 e. The topological polar surface area (TPSA) is 221 Å². The number of methoxy groups -OCH3 is 2. The highest BCUT2D eigenvalue weighted by atomic mass is 16.6. The number of rotatable bonds is 4. The van der Waals surface area contributed by atoms with Crippen LogP contribution in [0, 0.1) is 10.1 Å². The highest BCUT2D eigenvalue weighted by Gasteiger charge is 2.29. The number of carboxylic acids is 1. The number of non-ortho nitro benzene ring substituents is 1. The molecule has 0 aliphatic carbocycles. The molecule has 0 radical (unpaired) electrons. The molecule has 43 heavy (non-hydrogen) atoms. The number of nitro groups is 1. The van der Waals surface area contributed by atoms with Crippen LogP contribution in [0.4, 0.5) is 17.1 Å². The molecule has 0 spiro atoms. The monoisotopic (exact) mass is 591 g/mol. The Kier molecular flexibility index (Phi) is 8.79. The van der Waals surface area contributed by atoms with Gasteiger partial charge in [-0.15, -0.1) is 0 Å². The Hall–Kier alpha value is -6.05. The van der Waals surface area contributed by atoms with Crippen molar-refractivity contribution >= 4 is 56.9 Å². The van der Waals surface area contributed by atoms with Gasteiger partial charge in [-0.1, -0.05) is 0 Å². The lowest BCUT2D eigenvalue weighted by Gasteiger charge is -2.06. The molecule has 3 heterocycles. The summed E-state index contributed by atoms with van der Waals surface area (Å²) in [7, 11) is 2.58. The van der Waals surface area contributed by atoms with Gasteiger partial charge in [0.05, 0.1) is 19.1 Å². The van der Waals surface area contributed by atoms with Gasteiger partial charge < -0.3 is 39.6 Å². The maximum atomic E-state index is 11.2. The average molecular weight is 592 g/mol. The van der Waals surface area contributed by atoms with Gasteiger partial charge in [0.15, 0.2) is 6.10 Å². The quantitative estimate of drug-likeness (QED) is 0.113. The number of hydrogen-bond donors (Lipinski definition) is 3. The summed E-state index contributed by atoms with van der Waals surface area (Å²) in [4.78, 5) is 42.9. The summed E-state index contributed by atoms with van der Waals surface area (Å²) in [6.07, 6.45) is 0.0179. The minimum atomic E-state index is -1.07. The van der Waals surface area contributed by atoms with Gasteiger partial charge in [0.1, 0.15) is 16.9 Å². The molecule has 0 amide bonds. The molecule has 2 aromatic heterocycles. The Balaban J connectivity index is 0.000000148. The summed E-state index contributed by atoms with van der Waals surface area (Å²) < 4.78 is 24.6. The van der Waals surface area contributed by atoms with Crippen molar-refractivity contribution in [1.29, 1.82) is 0 Å². The van der Waals surface area contributed by atoms with Crippen LogP contribution < -0.4 is 16.2 Å². The summed E-state index contributed by atoms with van der Waals surface area (Å²) in [5.74, 6) is -1.36. The van der Waals surface area contributed by atoms with Crippen molar-refractivity contribution in [2.75, 3.05) is 25.7 Å². The van der Waals surface area contributed by atoms with Crippen LogP contribution in [0.2, 0.25) is 0 Å². The van der Waals surface area contributed by atoms with E-state index in [2.05, 4.69) is 9.47 Å². The number of ether oxygens (including phenoxy) is 3. The zero-order chi connectivity index (χ0) is 31.3. The second-order valence-electron chi connectivity index (χ2n) is 9.00. The van der Waals surface area contributed by atoms with E-state index in [0.29, 0.717) is 39.7 Å². The zero-order valence-electron chi connectivity index (χ0n) is 22.8. The number of benzene rings is 3. The number of nitrogen functional groups attached to an aromatic ring is 2. The SMILES string of the molecule is COC(=O)C1Cc2cc(N)ccc2O1.COC(=O)c1cc2cc([N+](=O)[O-])ccc2o1.Nc1ccc2oc(C(=O)O)cc2c1. The first-order valence-electron chi connectivity index (χ1n) is 12.4. The van der Waals surface area contributed by atoms with Crippen LogP contribution in [0.1, 0.15) is 26.7 Å². The molecular weight excluding hydrogens is 566 g/mol. The number of aromatic carboxylic acids is 1. The van der Waals surface area contributed by atoms with Crippen LogP contribution >= 0.6 is 0 Å². The van der Waals surface area contributed by atoms with E-state index in [9.17, 15) is 24.5 Å². The smallest absolute Gasteiger partial charge is 0.373 e. The molecule has 6 rings (SSSR count). The van der Waals surface area contributed by atoms with Gasteiger partial charge in [0, 0.05) is 46.3 Å². The summed E-state index contributed by atoms with van der Waals surface area (Å²) in [5.41, 5.74) is 14.2. The molecule has 222 valence electrons. The summed E-state index contributed by atoms with van der Waals surface area (Å²) in [5, 5.41) is 20.4. The van der Waals surface area contributed by atoms with E-state index < -0.39 is 23.0 Å². The Labute approximate surface area is 242 Å². The highest BCUT2D eigenvalue weighted by Crippen LogP contribution is 2.30. The molecule has 0 saturated heterocycles. The van der Waals surface area contributed by atoms with Gasteiger partial charge in [-0.25, -0.2) is 14.4 Å². The fraction of sp³-hybridized carbons (Fsp3) is 0.138. The summed E-state index contributed by atoms with van der Waals surface area (Å²) >= 11 is 0. The van der Waals surface area contributed by atoms with E-state index in [-0.39, 0.29) is 23.2 Å². The number of nitrogens with two attached hydrogens (primary N) is 2. The molecule has 1 unspecified atom stereocenters. The minimum absolute atomic E-state index is 0.0259. The number of carbonyl (C=O) groups is 3. The van der Waals surface area contributed by atoms with Gasteiger partial charge in [-0.05, 0) is 54.6 Å². The summed E-state index contributed by atoms with van der Waals surface area (Å²) in [6, 6.07) is 17.3. The second kappa shape index (κ2) is 12.6. The molecule has 0 bridgehead atoms. The standard InChI is InChI=1S/C10H7NO5.C10H11NO3.C9H7NO3/c1-15-10(12)9-5-6-4-7(11(13)14)2-3-8(6)16-9;1-13-10(12)9-5-6-4-7(11)2-3-8(6)14-9;10-6-1-2-7-5(3-6)4-8(13-7)9(11)12/h2-5H,1H3;2-4,9H,5,11H2,1H3;1-4H,10H2,(H,11,12). The first-order valence-corrected chi connectivity index (χ1v) is 12.4. The first-order chi connectivity index (χ1) is 20.5. The molecule has 14 nitrogen and oxygen atoms in total. The number of esters is 2. The third-order valence-electron chi connectivity index (χ3n) is 6.07. The van der Waals surface area contributed by atoms with Gasteiger partial charge >= 0.3 is 17.9 Å². The predicted molar refractivity (Wildman–Crippen MR) is 153 cm³/mol. The molecule has 0 saturated carbocycles. The van der Waals surface area contributed by atoms with Gasteiger partial charge in [-0.2, -0.15) is 0 Å². The molecule has 5 aromatic rings. The number of nitro benzene ring substituents is 1. The Bertz CT molecular complexity index is 1840. The van der Waals surface area contributed by atoms with Gasteiger partial charge in [0.25, 0.3) is 5.69 Å². The number of carboxylic acid groups (broad SMARTS) is 1. The number of furan rings is 2. The van der Waals surface area contributed by atoms with E-state index in [4.69, 9.17) is 30.1 Å². The molecule has 1 aliphatic rings.